The number of rotatable bonds is 8. The molecule has 7 aromatic carbocycles. The lowest BCUT2D eigenvalue weighted by Gasteiger charge is -2.12. The molecule has 0 atom stereocenters. The van der Waals surface area contributed by atoms with E-state index in [9.17, 15) is 0 Å². The van der Waals surface area contributed by atoms with Crippen LogP contribution in [0.15, 0.2) is 206 Å². The predicted octanol–water partition coefficient (Wildman–Crippen LogP) is 15.0. The van der Waals surface area contributed by atoms with Crippen LogP contribution in [0, 0.1) is 0 Å². The van der Waals surface area contributed by atoms with E-state index in [1.165, 1.54) is 31.3 Å². The second kappa shape index (κ2) is 15.9. The quantitative estimate of drug-likeness (QED) is 0.154. The number of allylic oxidation sites excluding steroid dienone is 4. The van der Waals surface area contributed by atoms with E-state index in [2.05, 4.69) is 176 Å². The van der Waals surface area contributed by atoms with Gasteiger partial charge in [0.05, 0.1) is 22.8 Å². The summed E-state index contributed by atoms with van der Waals surface area (Å²) in [6.07, 6.45) is 8.65. The summed E-state index contributed by atoms with van der Waals surface area (Å²) in [4.78, 5) is 20.3. The van der Waals surface area contributed by atoms with Gasteiger partial charge in [-0.3, -0.25) is 0 Å². The van der Waals surface area contributed by atoms with Crippen molar-refractivity contribution in [1.82, 2.24) is 19.9 Å². The summed E-state index contributed by atoms with van der Waals surface area (Å²) in [6.45, 7) is 0. The number of hydrogen-bond acceptors (Lipinski definition) is 5. The Morgan fingerprint density at radius 3 is 1.52 bits per heavy atom. The summed E-state index contributed by atoms with van der Waals surface area (Å²) in [5.41, 5.74) is 14.6. The SMILES string of the molecule is C1=CC(c2nc(-c3ccccc3)cc(-c3cccc(-c4cccc5c4sc4cc(-c6cccc(-c7cc(-c8ccccc8)nc(-c8ccccc8)n7)c6)ccc45)c3)n2)=CCC1. The number of benzene rings is 7. The summed E-state index contributed by atoms with van der Waals surface area (Å²) in [5, 5.41) is 2.52. The maximum atomic E-state index is 5.15. The fraction of sp³-hybridized carbons (Fsp3) is 0.0357. The van der Waals surface area contributed by atoms with E-state index in [1.807, 2.05) is 41.7 Å². The van der Waals surface area contributed by atoms with Gasteiger partial charge < -0.3 is 0 Å². The van der Waals surface area contributed by atoms with E-state index in [1.54, 1.807) is 0 Å². The topological polar surface area (TPSA) is 51.6 Å². The van der Waals surface area contributed by atoms with Crippen LogP contribution in [-0.4, -0.2) is 19.9 Å². The van der Waals surface area contributed by atoms with Crippen molar-refractivity contribution >= 4 is 37.1 Å². The van der Waals surface area contributed by atoms with Crippen molar-refractivity contribution in [2.24, 2.45) is 0 Å². The lowest BCUT2D eigenvalue weighted by atomic mass is 9.98. The van der Waals surface area contributed by atoms with E-state index < -0.39 is 0 Å². The van der Waals surface area contributed by atoms with Gasteiger partial charge in [0, 0.05) is 53.6 Å². The summed E-state index contributed by atoms with van der Waals surface area (Å²) in [5.74, 6) is 1.47. The molecule has 61 heavy (non-hydrogen) atoms. The molecule has 288 valence electrons. The normalized spacial score (nSPS) is 12.5. The Bertz CT molecular complexity index is 3240. The van der Waals surface area contributed by atoms with Gasteiger partial charge in [0.15, 0.2) is 11.6 Å². The van der Waals surface area contributed by atoms with Gasteiger partial charge >= 0.3 is 0 Å². The summed E-state index contributed by atoms with van der Waals surface area (Å²) in [7, 11) is 0. The Hall–Kier alpha value is -7.60. The maximum Gasteiger partial charge on any atom is 0.160 e. The number of fused-ring (bicyclic) bond motifs is 3. The highest BCUT2D eigenvalue weighted by Crippen LogP contribution is 2.42. The molecule has 0 amide bonds. The Kier molecular flexibility index (Phi) is 9.49. The highest BCUT2D eigenvalue weighted by Gasteiger charge is 2.16. The molecule has 0 N–H and O–H groups in total. The zero-order chi connectivity index (χ0) is 40.5. The monoisotopic (exact) mass is 798 g/mol. The summed E-state index contributed by atoms with van der Waals surface area (Å²) < 4.78 is 2.53. The molecule has 4 nitrogen and oxygen atoms in total. The van der Waals surface area contributed by atoms with Crippen molar-refractivity contribution in [2.45, 2.75) is 12.8 Å². The third-order valence-corrected chi connectivity index (χ3v) is 12.5. The zero-order valence-corrected chi connectivity index (χ0v) is 34.1. The Balaban J connectivity index is 0.963. The molecule has 5 heteroatoms. The maximum absolute atomic E-state index is 5.15. The first-order valence-corrected chi connectivity index (χ1v) is 21.5. The van der Waals surface area contributed by atoms with Crippen LogP contribution in [0.25, 0.3) is 104 Å². The molecule has 0 bridgehead atoms. The molecule has 0 unspecified atom stereocenters. The number of aromatic nitrogens is 4. The number of nitrogens with zero attached hydrogens (tertiary/aromatic N) is 4. The molecule has 0 spiro atoms. The standard InChI is InChI=1S/C56H38N4S/c1-5-16-37(17-6-1)49-35-51(59-55(57-49)39-20-9-3-10-21-39)44-26-13-24-41(32-44)42-30-31-47-48-29-15-28-46(54(48)61-53(47)34-42)43-25-14-27-45(33-43)52-36-50(38-18-7-2-8-19-38)58-56(60-52)40-22-11-4-12-23-40/h1-3,5-11,13-36H,4,12H2. The molecule has 0 saturated heterocycles. The van der Waals surface area contributed by atoms with Crippen LogP contribution in [-0.2, 0) is 0 Å². The van der Waals surface area contributed by atoms with E-state index in [0.717, 1.165) is 86.0 Å². The first-order valence-electron chi connectivity index (χ1n) is 20.7. The highest BCUT2D eigenvalue weighted by atomic mass is 32.1. The third-order valence-electron chi connectivity index (χ3n) is 11.3. The molecule has 10 aromatic rings. The minimum atomic E-state index is 0.712. The Morgan fingerprint density at radius 1 is 0.361 bits per heavy atom. The van der Waals surface area contributed by atoms with Gasteiger partial charge in [-0.05, 0) is 65.4 Å². The molecule has 0 aliphatic heterocycles. The van der Waals surface area contributed by atoms with E-state index in [4.69, 9.17) is 19.9 Å². The largest absolute Gasteiger partial charge is 0.228 e. The Morgan fingerprint density at radius 2 is 0.885 bits per heavy atom. The predicted molar refractivity (Wildman–Crippen MR) is 255 cm³/mol. The van der Waals surface area contributed by atoms with Crippen LogP contribution in [0.3, 0.4) is 0 Å². The second-order valence-electron chi connectivity index (χ2n) is 15.3. The fourth-order valence-electron chi connectivity index (χ4n) is 8.24. The van der Waals surface area contributed by atoms with Crippen LogP contribution in [0.1, 0.15) is 18.7 Å². The second-order valence-corrected chi connectivity index (χ2v) is 16.4. The first kappa shape index (κ1) is 36.5. The molecule has 0 radical (unpaired) electrons. The molecule has 0 fully saturated rings. The van der Waals surface area contributed by atoms with Gasteiger partial charge in [-0.25, -0.2) is 19.9 Å². The zero-order valence-electron chi connectivity index (χ0n) is 33.2. The van der Waals surface area contributed by atoms with Crippen molar-refractivity contribution in [3.05, 3.63) is 212 Å². The summed E-state index contributed by atoms with van der Waals surface area (Å²) >= 11 is 1.85. The van der Waals surface area contributed by atoms with Gasteiger partial charge in [0.25, 0.3) is 0 Å². The first-order chi connectivity index (χ1) is 30.2. The molecule has 0 saturated carbocycles. The van der Waals surface area contributed by atoms with Crippen LogP contribution in [0.5, 0.6) is 0 Å². The minimum absolute atomic E-state index is 0.712. The van der Waals surface area contributed by atoms with Crippen LogP contribution in [0.4, 0.5) is 0 Å². The molecule has 3 aromatic heterocycles. The highest BCUT2D eigenvalue weighted by molar-refractivity contribution is 7.26. The average molecular weight is 799 g/mol. The van der Waals surface area contributed by atoms with E-state index in [0.29, 0.717) is 5.82 Å². The van der Waals surface area contributed by atoms with Gasteiger partial charge in [0.1, 0.15) is 0 Å². The van der Waals surface area contributed by atoms with Gasteiger partial charge in [0.2, 0.25) is 0 Å². The van der Waals surface area contributed by atoms with Crippen molar-refractivity contribution in [1.29, 1.82) is 0 Å². The Labute approximate surface area is 359 Å². The minimum Gasteiger partial charge on any atom is -0.228 e. The lowest BCUT2D eigenvalue weighted by molar-refractivity contribution is 1.03. The van der Waals surface area contributed by atoms with Crippen LogP contribution < -0.4 is 0 Å². The van der Waals surface area contributed by atoms with Crippen LogP contribution in [0.2, 0.25) is 0 Å². The molecular formula is C56H38N4S. The van der Waals surface area contributed by atoms with E-state index in [-0.39, 0.29) is 0 Å². The lowest BCUT2D eigenvalue weighted by Crippen LogP contribution is -1.99. The molecular weight excluding hydrogens is 761 g/mol. The smallest absolute Gasteiger partial charge is 0.160 e. The van der Waals surface area contributed by atoms with E-state index >= 15 is 0 Å². The summed E-state index contributed by atoms with van der Waals surface area (Å²) in [6, 6.07) is 66.2. The molecule has 1 aliphatic carbocycles. The van der Waals surface area contributed by atoms with Crippen molar-refractivity contribution < 1.29 is 0 Å². The van der Waals surface area contributed by atoms with Gasteiger partial charge in [-0.1, -0.05) is 176 Å². The fourth-order valence-corrected chi connectivity index (χ4v) is 9.52. The van der Waals surface area contributed by atoms with Crippen LogP contribution >= 0.6 is 11.3 Å². The number of thiophene rings is 1. The average Bonchev–Trinajstić information content (AvgIpc) is 3.73. The van der Waals surface area contributed by atoms with Crippen molar-refractivity contribution in [2.75, 3.05) is 0 Å². The van der Waals surface area contributed by atoms with Crippen molar-refractivity contribution in [3.63, 3.8) is 0 Å². The van der Waals surface area contributed by atoms with Gasteiger partial charge in [-0.2, -0.15) is 0 Å². The van der Waals surface area contributed by atoms with Crippen molar-refractivity contribution in [3.8, 4) is 78.7 Å². The number of hydrogen-bond donors (Lipinski definition) is 0. The van der Waals surface area contributed by atoms with Gasteiger partial charge in [-0.15, -0.1) is 11.3 Å². The third kappa shape index (κ3) is 7.26. The molecule has 11 rings (SSSR count). The molecule has 3 heterocycles. The molecule has 1 aliphatic rings.